The van der Waals surface area contributed by atoms with Crippen molar-refractivity contribution in [3.8, 4) is 0 Å². The lowest BCUT2D eigenvalue weighted by Crippen LogP contribution is -2.30. The number of carbonyl (C=O) groups is 4. The molecule has 498 valence electrons. The van der Waals surface area contributed by atoms with Crippen molar-refractivity contribution in [3.63, 3.8) is 0 Å². The zero-order valence-electron chi connectivity index (χ0n) is 54.4. The molecule has 0 radical (unpaired) electrons. The number of unbranched alkanes of at least 4 members (excludes halogenated alkanes) is 30. The van der Waals surface area contributed by atoms with E-state index in [4.69, 9.17) is 37.0 Å². The molecule has 0 amide bonds. The Kier molecular flexibility index (Phi) is 55.0. The number of carbonyl (C=O) groups excluding carboxylic acids is 4. The Hall–Kier alpha value is -1.94. The third-order valence-electron chi connectivity index (χ3n) is 15.2. The third-order valence-corrected chi connectivity index (χ3v) is 17.1. The molecule has 0 heterocycles. The highest BCUT2D eigenvalue weighted by Crippen LogP contribution is 2.45. The van der Waals surface area contributed by atoms with Gasteiger partial charge in [0.05, 0.1) is 26.4 Å². The lowest BCUT2D eigenvalue weighted by atomic mass is 10.00. The first kappa shape index (κ1) is 82.1. The molecule has 0 rings (SSSR count). The molecule has 17 nitrogen and oxygen atoms in total. The molecule has 0 bridgehead atoms. The van der Waals surface area contributed by atoms with Crippen LogP contribution in [-0.2, 0) is 65.4 Å². The number of aliphatic hydroxyl groups excluding tert-OH is 1. The summed E-state index contributed by atoms with van der Waals surface area (Å²) in [6.07, 6.45) is 37.6. The zero-order chi connectivity index (χ0) is 62.4. The van der Waals surface area contributed by atoms with Crippen LogP contribution in [-0.4, -0.2) is 96.7 Å². The quantitative estimate of drug-likeness (QED) is 0.0222. The van der Waals surface area contributed by atoms with Crippen LogP contribution in [0.1, 0.15) is 318 Å². The highest BCUT2D eigenvalue weighted by atomic mass is 31.2. The van der Waals surface area contributed by atoms with Gasteiger partial charge in [0.15, 0.2) is 12.2 Å². The van der Waals surface area contributed by atoms with Crippen molar-refractivity contribution in [1.82, 2.24) is 0 Å². The number of esters is 4. The number of aliphatic hydroxyl groups is 1. The molecule has 3 N–H and O–H groups in total. The number of hydrogen-bond acceptors (Lipinski definition) is 15. The number of hydrogen-bond donors (Lipinski definition) is 3. The summed E-state index contributed by atoms with van der Waals surface area (Å²) in [6, 6.07) is 0. The van der Waals surface area contributed by atoms with Crippen LogP contribution in [0.3, 0.4) is 0 Å². The predicted octanol–water partition coefficient (Wildman–Crippen LogP) is 17.9. The maximum Gasteiger partial charge on any atom is 0.472 e. The van der Waals surface area contributed by atoms with Gasteiger partial charge < -0.3 is 33.8 Å². The Morgan fingerprint density at radius 3 is 0.905 bits per heavy atom. The van der Waals surface area contributed by atoms with Gasteiger partial charge in [0.25, 0.3) is 0 Å². The summed E-state index contributed by atoms with van der Waals surface area (Å²) >= 11 is 0. The fourth-order valence-corrected chi connectivity index (χ4v) is 11.2. The lowest BCUT2D eigenvalue weighted by Gasteiger charge is -2.21. The third kappa shape index (κ3) is 57.8. The molecule has 19 heteroatoms. The first-order valence-electron chi connectivity index (χ1n) is 33.9. The molecule has 84 heavy (non-hydrogen) atoms. The smallest absolute Gasteiger partial charge is 0.462 e. The summed E-state index contributed by atoms with van der Waals surface area (Å²) in [5.74, 6) is 0.0265. The van der Waals surface area contributed by atoms with Crippen molar-refractivity contribution in [1.29, 1.82) is 0 Å². The standard InChI is InChI=1S/C65H126O17P2/c1-8-10-11-12-13-14-15-16-19-24-32-39-46-62(67)75-52-60(81-64(69)48-41-34-25-20-17-18-22-29-36-43-56(3)4)54-79-83(71,72)77-50-59(66)51-78-84(73,74)80-55-61(82-65(70)49-42-35-26-21-23-30-37-44-57(5)6)53-76-63(68)47-40-33-28-27-31-38-45-58(7)9-2/h56-61,66H,8-55H2,1-7H3,(H,71,72)(H,73,74)/t58?,59-,60-,61-/m1/s1. The van der Waals surface area contributed by atoms with Gasteiger partial charge in [0.2, 0.25) is 0 Å². The van der Waals surface area contributed by atoms with Crippen LogP contribution < -0.4 is 0 Å². The molecule has 3 unspecified atom stereocenters. The van der Waals surface area contributed by atoms with Crippen LogP contribution in [0, 0.1) is 17.8 Å². The van der Waals surface area contributed by atoms with E-state index < -0.39 is 97.5 Å². The first-order valence-corrected chi connectivity index (χ1v) is 36.9. The van der Waals surface area contributed by atoms with Crippen molar-refractivity contribution in [2.75, 3.05) is 39.6 Å². The molecular formula is C65H126O17P2. The fourth-order valence-electron chi connectivity index (χ4n) is 9.62. The zero-order valence-corrected chi connectivity index (χ0v) is 56.1. The molecule has 0 aliphatic rings. The molecule has 0 aliphatic heterocycles. The summed E-state index contributed by atoms with van der Waals surface area (Å²) < 4.78 is 68.0. The average Bonchev–Trinajstić information content (AvgIpc) is 3.46. The number of rotatable bonds is 63. The minimum atomic E-state index is -4.95. The van der Waals surface area contributed by atoms with Crippen molar-refractivity contribution < 1.29 is 80.2 Å². The molecule has 0 fully saturated rings. The highest BCUT2D eigenvalue weighted by Gasteiger charge is 2.30. The van der Waals surface area contributed by atoms with Crippen molar-refractivity contribution >= 4 is 39.5 Å². The van der Waals surface area contributed by atoms with Gasteiger partial charge in [-0.2, -0.15) is 0 Å². The number of phosphoric acid groups is 2. The summed E-state index contributed by atoms with van der Waals surface area (Å²) in [4.78, 5) is 72.3. The van der Waals surface area contributed by atoms with Gasteiger partial charge in [0.1, 0.15) is 19.3 Å². The summed E-state index contributed by atoms with van der Waals surface area (Å²) in [6.45, 7) is 11.7. The van der Waals surface area contributed by atoms with Crippen LogP contribution in [0.5, 0.6) is 0 Å². The Morgan fingerprint density at radius 2 is 0.607 bits per heavy atom. The van der Waals surface area contributed by atoms with Gasteiger partial charge in [-0.25, -0.2) is 9.13 Å². The van der Waals surface area contributed by atoms with Gasteiger partial charge in [-0.3, -0.25) is 37.3 Å². The van der Waals surface area contributed by atoms with Gasteiger partial charge in [-0.1, -0.05) is 267 Å². The number of ether oxygens (including phenoxy) is 4. The maximum atomic E-state index is 13.0. The Labute approximate surface area is 511 Å². The van der Waals surface area contributed by atoms with E-state index in [1.54, 1.807) is 0 Å². The molecule has 0 aromatic carbocycles. The minimum absolute atomic E-state index is 0.102. The second-order valence-electron chi connectivity index (χ2n) is 24.7. The second-order valence-corrected chi connectivity index (χ2v) is 27.6. The Bertz CT molecular complexity index is 1670. The molecule has 0 spiro atoms. The molecule has 0 aliphatic carbocycles. The second kappa shape index (κ2) is 56.3. The molecular weight excluding hydrogens is 1110 g/mol. The van der Waals surface area contributed by atoms with Crippen LogP contribution in [0.25, 0.3) is 0 Å². The van der Waals surface area contributed by atoms with E-state index in [1.165, 1.54) is 122 Å². The lowest BCUT2D eigenvalue weighted by molar-refractivity contribution is -0.161. The van der Waals surface area contributed by atoms with Crippen LogP contribution in [0.2, 0.25) is 0 Å². The van der Waals surface area contributed by atoms with Gasteiger partial charge >= 0.3 is 39.5 Å². The Morgan fingerprint density at radius 1 is 0.345 bits per heavy atom. The summed E-state index contributed by atoms with van der Waals surface area (Å²) in [5.41, 5.74) is 0. The van der Waals surface area contributed by atoms with Crippen molar-refractivity contribution in [2.45, 2.75) is 336 Å². The Balaban J connectivity index is 5.26. The van der Waals surface area contributed by atoms with Crippen LogP contribution in [0.15, 0.2) is 0 Å². The van der Waals surface area contributed by atoms with Crippen molar-refractivity contribution in [3.05, 3.63) is 0 Å². The van der Waals surface area contributed by atoms with Gasteiger partial charge in [-0.15, -0.1) is 0 Å². The van der Waals surface area contributed by atoms with E-state index >= 15 is 0 Å². The minimum Gasteiger partial charge on any atom is -0.462 e. The average molecular weight is 1240 g/mol. The van der Waals surface area contributed by atoms with Gasteiger partial charge in [-0.05, 0) is 43.4 Å². The SMILES string of the molecule is CCCCCCCCCCCCCCC(=O)OC[C@H](COP(=O)(O)OC[C@@H](O)COP(=O)(O)OC[C@@H](COC(=O)CCCCCCCCC(C)CC)OC(=O)CCCCCCCCCC(C)C)OC(=O)CCCCCCCCCCCC(C)C. The predicted molar refractivity (Wildman–Crippen MR) is 335 cm³/mol. The van der Waals surface area contributed by atoms with E-state index in [0.717, 1.165) is 108 Å². The van der Waals surface area contributed by atoms with Gasteiger partial charge in [0, 0.05) is 25.7 Å². The first-order chi connectivity index (χ1) is 40.3. The highest BCUT2D eigenvalue weighted by molar-refractivity contribution is 7.47. The molecule has 0 aromatic heterocycles. The number of phosphoric ester groups is 2. The topological polar surface area (TPSA) is 237 Å². The monoisotopic (exact) mass is 1240 g/mol. The maximum absolute atomic E-state index is 13.0. The normalized spacial score (nSPS) is 14.7. The summed E-state index contributed by atoms with van der Waals surface area (Å²) in [5, 5.41) is 10.5. The van der Waals surface area contributed by atoms with E-state index in [-0.39, 0.29) is 25.7 Å². The van der Waals surface area contributed by atoms with Crippen LogP contribution in [0.4, 0.5) is 0 Å². The van der Waals surface area contributed by atoms with Crippen LogP contribution >= 0.6 is 15.6 Å². The summed E-state index contributed by atoms with van der Waals surface area (Å²) in [7, 11) is -9.89. The largest absolute Gasteiger partial charge is 0.472 e. The van der Waals surface area contributed by atoms with E-state index in [2.05, 4.69) is 48.5 Å². The van der Waals surface area contributed by atoms with E-state index in [1.807, 2.05) is 0 Å². The van der Waals surface area contributed by atoms with E-state index in [9.17, 15) is 43.2 Å². The molecule has 0 aromatic rings. The molecule has 0 saturated carbocycles. The molecule has 0 saturated heterocycles. The van der Waals surface area contributed by atoms with Crippen molar-refractivity contribution in [2.24, 2.45) is 17.8 Å². The fraction of sp³-hybridized carbons (Fsp3) is 0.938. The van der Waals surface area contributed by atoms with E-state index in [0.29, 0.717) is 31.6 Å². The molecule has 6 atom stereocenters.